The van der Waals surface area contributed by atoms with E-state index in [1.54, 1.807) is 33.8 Å². The third-order valence-corrected chi connectivity index (χ3v) is 6.47. The van der Waals surface area contributed by atoms with E-state index in [9.17, 15) is 24.0 Å². The fraction of sp³-hybridized carbons (Fsp3) is 0.600. The van der Waals surface area contributed by atoms with Crippen molar-refractivity contribution in [2.45, 2.75) is 72.6 Å². The number of carbonyl (C=O) groups is 5. The van der Waals surface area contributed by atoms with Gasteiger partial charge in [0, 0.05) is 11.9 Å². The lowest BCUT2D eigenvalue weighted by atomic mass is 9.95. The molecule has 4 atom stereocenters. The summed E-state index contributed by atoms with van der Waals surface area (Å²) in [5.41, 5.74) is 0.274. The van der Waals surface area contributed by atoms with Gasteiger partial charge in [-0.1, -0.05) is 27.7 Å². The molecule has 0 spiro atoms. The number of hydrogen-bond acceptors (Lipinski definition) is 11. The van der Waals surface area contributed by atoms with Crippen LogP contribution < -0.4 is 10.1 Å². The molecule has 12 heteroatoms. The van der Waals surface area contributed by atoms with E-state index >= 15 is 0 Å². The van der Waals surface area contributed by atoms with Crippen molar-refractivity contribution in [3.63, 3.8) is 0 Å². The molecule has 2 rings (SSSR count). The number of pyridine rings is 1. The van der Waals surface area contributed by atoms with Crippen molar-refractivity contribution in [2.24, 2.45) is 11.8 Å². The Morgan fingerprint density at radius 3 is 2.54 bits per heavy atom. The summed E-state index contributed by atoms with van der Waals surface area (Å²) in [6.45, 7) is 9.57. The van der Waals surface area contributed by atoms with Crippen molar-refractivity contribution < 1.29 is 42.9 Å². The molecular weight excluding hydrogens is 504 g/mol. The number of amides is 1. The molecule has 0 radical (unpaired) electrons. The lowest BCUT2D eigenvalue weighted by Gasteiger charge is -2.29. The topological polar surface area (TPSA) is 147 Å². The largest absolute Gasteiger partial charge is 0.463 e. The van der Waals surface area contributed by atoms with Gasteiger partial charge in [0.1, 0.15) is 12.7 Å². The van der Waals surface area contributed by atoms with Gasteiger partial charge in [-0.3, -0.25) is 14.4 Å². The molecule has 1 aliphatic rings. The van der Waals surface area contributed by atoms with Crippen LogP contribution in [-0.4, -0.2) is 64.7 Å². The van der Waals surface area contributed by atoms with Gasteiger partial charge in [-0.25, -0.2) is 14.6 Å². The smallest absolute Gasteiger partial charge is 0.372 e. The molecule has 2 heterocycles. The van der Waals surface area contributed by atoms with Crippen LogP contribution in [0.15, 0.2) is 12.3 Å². The van der Waals surface area contributed by atoms with Gasteiger partial charge in [0.05, 0.1) is 11.8 Å². The van der Waals surface area contributed by atoms with E-state index in [4.69, 9.17) is 18.9 Å². The third kappa shape index (κ3) is 8.17. The van der Waals surface area contributed by atoms with E-state index in [1.807, 2.05) is 6.92 Å². The first-order chi connectivity index (χ1) is 17.5. The first-order valence-electron chi connectivity index (χ1n) is 12.2. The van der Waals surface area contributed by atoms with Crippen LogP contribution in [0.4, 0.5) is 4.79 Å². The monoisotopic (exact) mass is 538 g/mol. The molecule has 0 saturated carbocycles. The van der Waals surface area contributed by atoms with E-state index in [-0.39, 0.29) is 17.9 Å². The van der Waals surface area contributed by atoms with Gasteiger partial charge in [0.25, 0.3) is 5.91 Å². The molecule has 1 aromatic rings. The molecule has 1 amide bonds. The molecule has 1 aliphatic heterocycles. The molecule has 1 N–H and O–H groups in total. The van der Waals surface area contributed by atoms with Crippen LogP contribution in [0.5, 0.6) is 5.75 Å². The number of rotatable bonds is 8. The van der Waals surface area contributed by atoms with Crippen molar-refractivity contribution in [1.82, 2.24) is 10.3 Å². The molecular formula is C25H34N2O9S. The highest BCUT2D eigenvalue weighted by molar-refractivity contribution is 8.13. The zero-order chi connectivity index (χ0) is 27.7. The first-order valence-corrected chi connectivity index (χ1v) is 13.2. The zero-order valence-electron chi connectivity index (χ0n) is 21.9. The SMILES string of the molecule is CCCSC(=O)Oc1c(C)ccnc1C(=O)NC1COC(=O)C(CC)C(OC(=O)C(C)C)C(C)OC1=O. The summed E-state index contributed by atoms with van der Waals surface area (Å²) in [5, 5.41) is 1.86. The second-order valence-electron chi connectivity index (χ2n) is 8.88. The van der Waals surface area contributed by atoms with Crippen LogP contribution in [-0.2, 0) is 28.6 Å². The van der Waals surface area contributed by atoms with Crippen molar-refractivity contribution in [3.05, 3.63) is 23.5 Å². The Morgan fingerprint density at radius 1 is 1.22 bits per heavy atom. The predicted octanol–water partition coefficient (Wildman–Crippen LogP) is 3.21. The Morgan fingerprint density at radius 2 is 1.92 bits per heavy atom. The Hall–Kier alpha value is -3.15. The molecule has 1 fully saturated rings. The summed E-state index contributed by atoms with van der Waals surface area (Å²) < 4.78 is 21.7. The van der Waals surface area contributed by atoms with Crippen molar-refractivity contribution in [1.29, 1.82) is 0 Å². The average Bonchev–Trinajstić information content (AvgIpc) is 2.88. The second kappa shape index (κ2) is 14.0. The fourth-order valence-corrected chi connectivity index (χ4v) is 3.96. The van der Waals surface area contributed by atoms with E-state index in [2.05, 4.69) is 10.3 Å². The minimum Gasteiger partial charge on any atom is -0.463 e. The first kappa shape index (κ1) is 30.1. The molecule has 11 nitrogen and oxygen atoms in total. The highest BCUT2D eigenvalue weighted by atomic mass is 32.2. The van der Waals surface area contributed by atoms with E-state index in [0.29, 0.717) is 11.3 Å². The minimum atomic E-state index is -1.38. The summed E-state index contributed by atoms with van der Waals surface area (Å²) in [7, 11) is 0. The van der Waals surface area contributed by atoms with Gasteiger partial charge in [-0.05, 0) is 50.1 Å². The van der Waals surface area contributed by atoms with Crippen LogP contribution >= 0.6 is 11.8 Å². The lowest BCUT2D eigenvalue weighted by molar-refractivity contribution is -0.176. The third-order valence-electron chi connectivity index (χ3n) is 5.54. The predicted molar refractivity (Wildman–Crippen MR) is 134 cm³/mol. The number of esters is 3. The summed E-state index contributed by atoms with van der Waals surface area (Å²) in [6.07, 6.45) is 0.344. The number of nitrogens with zero attached hydrogens (tertiary/aromatic N) is 1. The van der Waals surface area contributed by atoms with Crippen LogP contribution in [0.1, 0.15) is 63.5 Å². The standard InChI is InChI=1S/C25H34N2O9S/c1-7-11-37-25(32)36-19-14(5)9-10-26-18(19)21(28)27-17-12-33-23(30)16(8-2)20(15(6)34-24(17)31)35-22(29)13(3)4/h9-10,13,15-17,20H,7-8,11-12H2,1-6H3,(H,27,28). The number of nitrogens with one attached hydrogen (secondary N) is 1. The van der Waals surface area contributed by atoms with Crippen LogP contribution in [0.25, 0.3) is 0 Å². The molecule has 204 valence electrons. The fourth-order valence-electron chi connectivity index (χ4n) is 3.44. The Kier molecular flexibility index (Phi) is 11.4. The van der Waals surface area contributed by atoms with Crippen LogP contribution in [0, 0.1) is 18.8 Å². The van der Waals surface area contributed by atoms with Gasteiger partial charge < -0.3 is 24.3 Å². The molecule has 0 aromatic carbocycles. The maximum Gasteiger partial charge on any atom is 0.372 e. The maximum absolute atomic E-state index is 13.1. The van der Waals surface area contributed by atoms with Gasteiger partial charge in [0.2, 0.25) is 0 Å². The quantitative estimate of drug-likeness (QED) is 0.384. The minimum absolute atomic E-state index is 0.0397. The summed E-state index contributed by atoms with van der Waals surface area (Å²) in [6, 6.07) is 0.196. The molecule has 0 aliphatic carbocycles. The highest BCUT2D eigenvalue weighted by Crippen LogP contribution is 2.25. The Balaban J connectivity index is 2.26. The second-order valence-corrected chi connectivity index (χ2v) is 9.91. The Labute approximate surface area is 220 Å². The molecule has 37 heavy (non-hydrogen) atoms. The van der Waals surface area contributed by atoms with Crippen LogP contribution in [0.3, 0.4) is 0 Å². The van der Waals surface area contributed by atoms with Crippen LogP contribution in [0.2, 0.25) is 0 Å². The maximum atomic E-state index is 13.1. The molecule has 0 bridgehead atoms. The summed E-state index contributed by atoms with van der Waals surface area (Å²) in [4.78, 5) is 67.2. The lowest BCUT2D eigenvalue weighted by Crippen LogP contribution is -2.47. The number of aryl methyl sites for hydroxylation is 1. The number of hydrogen-bond donors (Lipinski definition) is 1. The average molecular weight is 539 g/mol. The van der Waals surface area contributed by atoms with E-state index in [0.717, 1.165) is 18.2 Å². The molecule has 1 saturated heterocycles. The molecule has 1 aromatic heterocycles. The highest BCUT2D eigenvalue weighted by Gasteiger charge is 2.41. The van der Waals surface area contributed by atoms with Crippen molar-refractivity contribution in [3.8, 4) is 5.75 Å². The number of ether oxygens (including phenoxy) is 4. The van der Waals surface area contributed by atoms with Gasteiger partial charge in [-0.2, -0.15) is 0 Å². The summed E-state index contributed by atoms with van der Waals surface area (Å²) >= 11 is 0.964. The number of cyclic esters (lactones) is 2. The van der Waals surface area contributed by atoms with Gasteiger partial charge in [0.15, 0.2) is 23.6 Å². The normalized spacial score (nSPS) is 22.1. The number of thioether (sulfide) groups is 1. The molecule has 4 unspecified atom stereocenters. The summed E-state index contributed by atoms with van der Waals surface area (Å²) in [5.74, 6) is -3.78. The van der Waals surface area contributed by atoms with Crippen molar-refractivity contribution >= 4 is 40.9 Å². The van der Waals surface area contributed by atoms with Gasteiger partial charge in [-0.15, -0.1) is 0 Å². The van der Waals surface area contributed by atoms with E-state index in [1.165, 1.54) is 13.1 Å². The van der Waals surface area contributed by atoms with Crippen molar-refractivity contribution in [2.75, 3.05) is 12.4 Å². The van der Waals surface area contributed by atoms with Gasteiger partial charge >= 0.3 is 23.2 Å². The number of carbonyl (C=O) groups excluding carboxylic acids is 5. The Bertz CT molecular complexity index is 1010. The van der Waals surface area contributed by atoms with E-state index < -0.39 is 65.8 Å². The zero-order valence-corrected chi connectivity index (χ0v) is 22.7. The number of aromatic nitrogens is 1.